The molecule has 0 amide bonds. The lowest BCUT2D eigenvalue weighted by Crippen LogP contribution is -2.12. The summed E-state index contributed by atoms with van der Waals surface area (Å²) in [5.41, 5.74) is 4.87. The molecule has 0 radical (unpaired) electrons. The number of hydrogen-bond acceptors (Lipinski definition) is 3. The summed E-state index contributed by atoms with van der Waals surface area (Å²) in [5.74, 6) is -0.0521. The fourth-order valence-electron chi connectivity index (χ4n) is 4.79. The molecule has 4 rings (SSSR count). The molecule has 1 N–H and O–H groups in total. The van der Waals surface area contributed by atoms with Crippen molar-refractivity contribution in [3.8, 4) is 0 Å². The lowest BCUT2D eigenvalue weighted by Gasteiger charge is -2.10. The van der Waals surface area contributed by atoms with Crippen molar-refractivity contribution in [2.45, 2.75) is 65.2 Å². The Morgan fingerprint density at radius 1 is 1.13 bits per heavy atom. The van der Waals surface area contributed by atoms with Crippen molar-refractivity contribution in [2.24, 2.45) is 5.92 Å². The highest BCUT2D eigenvalue weighted by atomic mass is 19.1. The summed E-state index contributed by atoms with van der Waals surface area (Å²) in [6.45, 7) is 3.96. The number of H-pyrrole nitrogens is 1. The lowest BCUT2D eigenvalue weighted by atomic mass is 9.94. The van der Waals surface area contributed by atoms with Crippen LogP contribution in [0.2, 0.25) is 0 Å². The maximum atomic E-state index is 13.6. The van der Waals surface area contributed by atoms with E-state index in [1.807, 2.05) is 25.1 Å². The van der Waals surface area contributed by atoms with Gasteiger partial charge in [-0.05, 0) is 80.0 Å². The molecule has 2 aromatic carbocycles. The zero-order chi connectivity index (χ0) is 22.0. The van der Waals surface area contributed by atoms with Crippen LogP contribution in [0.5, 0.6) is 0 Å². The van der Waals surface area contributed by atoms with E-state index in [1.54, 1.807) is 6.07 Å². The normalized spacial score (nSPS) is 14.4. The minimum Gasteiger partial charge on any atom is -0.294 e. The highest BCUT2D eigenvalue weighted by molar-refractivity contribution is 6.09. The Hall–Kier alpha value is -2.82. The molecule has 0 aliphatic heterocycles. The fourth-order valence-corrected chi connectivity index (χ4v) is 4.79. The van der Waals surface area contributed by atoms with Crippen LogP contribution in [0.1, 0.15) is 83.0 Å². The molecule has 1 saturated carbocycles. The van der Waals surface area contributed by atoms with Crippen molar-refractivity contribution in [3.05, 3.63) is 64.1 Å². The molecule has 4 nitrogen and oxygen atoms in total. The molecule has 31 heavy (non-hydrogen) atoms. The Bertz CT molecular complexity index is 1130. The number of aryl methyl sites for hydroxylation is 3. The number of Topliss-reactive ketones (excluding diaryl/α,β-unsaturated/α-hetero) is 2. The van der Waals surface area contributed by atoms with Crippen LogP contribution < -0.4 is 0 Å². The van der Waals surface area contributed by atoms with Crippen LogP contribution in [0.4, 0.5) is 4.39 Å². The molecular weight excluding hydrogens is 391 g/mol. The molecular formula is C26H29FN2O2. The van der Waals surface area contributed by atoms with Crippen molar-refractivity contribution < 1.29 is 14.0 Å². The number of halogens is 1. The van der Waals surface area contributed by atoms with Crippen molar-refractivity contribution in [1.82, 2.24) is 10.2 Å². The average Bonchev–Trinajstić information content (AvgIpc) is 3.43. The van der Waals surface area contributed by atoms with Crippen LogP contribution in [0.25, 0.3) is 10.9 Å². The van der Waals surface area contributed by atoms with Gasteiger partial charge in [0.25, 0.3) is 0 Å². The molecule has 1 heterocycles. The first-order valence-electron chi connectivity index (χ1n) is 11.3. The third-order valence-electron chi connectivity index (χ3n) is 6.57. The van der Waals surface area contributed by atoms with Crippen molar-refractivity contribution >= 4 is 22.5 Å². The molecule has 1 fully saturated rings. The van der Waals surface area contributed by atoms with E-state index in [2.05, 4.69) is 17.1 Å². The molecule has 0 atom stereocenters. The summed E-state index contributed by atoms with van der Waals surface area (Å²) in [5, 5.41) is 7.99. The molecule has 1 aliphatic rings. The molecule has 0 saturated heterocycles. The largest absolute Gasteiger partial charge is 0.294 e. The average molecular weight is 421 g/mol. The summed E-state index contributed by atoms with van der Waals surface area (Å²) >= 11 is 0. The van der Waals surface area contributed by atoms with E-state index in [-0.39, 0.29) is 23.3 Å². The topological polar surface area (TPSA) is 62.8 Å². The molecule has 0 unspecified atom stereocenters. The van der Waals surface area contributed by atoms with Gasteiger partial charge in [-0.15, -0.1) is 0 Å². The van der Waals surface area contributed by atoms with E-state index in [4.69, 9.17) is 0 Å². The third kappa shape index (κ3) is 4.46. The summed E-state index contributed by atoms with van der Waals surface area (Å²) in [6, 6.07) is 8.63. The monoisotopic (exact) mass is 420 g/mol. The Labute approximate surface area is 182 Å². The zero-order valence-corrected chi connectivity index (χ0v) is 18.3. The minimum atomic E-state index is -0.237. The van der Waals surface area contributed by atoms with Gasteiger partial charge in [0, 0.05) is 23.3 Å². The molecule has 162 valence electrons. The van der Waals surface area contributed by atoms with Gasteiger partial charge in [-0.2, -0.15) is 5.10 Å². The van der Waals surface area contributed by atoms with E-state index in [0.717, 1.165) is 59.7 Å². The molecule has 0 bridgehead atoms. The summed E-state index contributed by atoms with van der Waals surface area (Å²) in [7, 11) is 0. The van der Waals surface area contributed by atoms with Gasteiger partial charge in [0.2, 0.25) is 0 Å². The Kier molecular flexibility index (Phi) is 6.30. The van der Waals surface area contributed by atoms with E-state index in [9.17, 15) is 14.0 Å². The second kappa shape index (κ2) is 9.13. The first-order chi connectivity index (χ1) is 15.0. The summed E-state index contributed by atoms with van der Waals surface area (Å²) < 4.78 is 13.6. The van der Waals surface area contributed by atoms with Crippen LogP contribution in [0, 0.1) is 18.7 Å². The van der Waals surface area contributed by atoms with Crippen LogP contribution in [-0.4, -0.2) is 21.8 Å². The number of hydrogen-bond donors (Lipinski definition) is 1. The molecule has 0 spiro atoms. The van der Waals surface area contributed by atoms with Crippen molar-refractivity contribution in [3.63, 3.8) is 0 Å². The first-order valence-corrected chi connectivity index (χ1v) is 11.3. The van der Waals surface area contributed by atoms with Gasteiger partial charge < -0.3 is 0 Å². The van der Waals surface area contributed by atoms with Gasteiger partial charge in [0.1, 0.15) is 11.5 Å². The zero-order valence-electron chi connectivity index (χ0n) is 18.3. The van der Waals surface area contributed by atoms with Gasteiger partial charge in [0.15, 0.2) is 11.6 Å². The number of fused-ring (bicyclic) bond motifs is 1. The number of rotatable bonds is 8. The van der Waals surface area contributed by atoms with E-state index in [0.29, 0.717) is 30.5 Å². The van der Waals surface area contributed by atoms with Crippen LogP contribution in [-0.2, 0) is 12.8 Å². The van der Waals surface area contributed by atoms with Crippen molar-refractivity contribution in [1.29, 1.82) is 0 Å². The lowest BCUT2D eigenvalue weighted by molar-refractivity contribution is 0.0918. The van der Waals surface area contributed by atoms with Gasteiger partial charge in [-0.25, -0.2) is 4.39 Å². The Morgan fingerprint density at radius 2 is 1.90 bits per heavy atom. The molecule has 1 aromatic heterocycles. The van der Waals surface area contributed by atoms with Gasteiger partial charge in [-0.1, -0.05) is 25.8 Å². The number of carbonyl (C=O) groups excluding carboxylic acids is 2. The maximum absolute atomic E-state index is 13.6. The van der Waals surface area contributed by atoms with Crippen LogP contribution in [0.3, 0.4) is 0 Å². The standard InChI is InChI=1S/C26H29FN2O2/c1-3-17-11-12-20(27)14-19(17)9-6-10-24(30)21-15-22-23(13-16(21)2)28-29-25(22)26(31)18-7-4-5-8-18/h11-15,18H,3-10H2,1-2H3,(H,28,29). The van der Waals surface area contributed by atoms with Gasteiger partial charge >= 0.3 is 0 Å². The highest BCUT2D eigenvalue weighted by Crippen LogP contribution is 2.31. The molecule has 1 aliphatic carbocycles. The quantitative estimate of drug-likeness (QED) is 0.445. The number of carbonyl (C=O) groups is 2. The van der Waals surface area contributed by atoms with Gasteiger partial charge in [-0.3, -0.25) is 14.7 Å². The number of nitrogens with zero attached hydrogens (tertiary/aromatic N) is 1. The number of benzene rings is 2. The number of aromatic nitrogens is 2. The number of nitrogens with one attached hydrogen (secondary N) is 1. The van der Waals surface area contributed by atoms with Crippen molar-refractivity contribution in [2.75, 3.05) is 0 Å². The second-order valence-corrected chi connectivity index (χ2v) is 8.67. The smallest absolute Gasteiger partial charge is 0.186 e. The first kappa shape index (κ1) is 21.4. The SMILES string of the molecule is CCc1ccc(F)cc1CCCC(=O)c1cc2c(C(=O)C3CCCC3)n[nH]c2cc1C. The summed E-state index contributed by atoms with van der Waals surface area (Å²) in [6.07, 6.45) is 6.58. The maximum Gasteiger partial charge on any atom is 0.186 e. The minimum absolute atomic E-state index is 0.0472. The van der Waals surface area contributed by atoms with E-state index >= 15 is 0 Å². The molecule has 5 heteroatoms. The van der Waals surface area contributed by atoms with E-state index in [1.165, 1.54) is 6.07 Å². The Balaban J connectivity index is 1.51. The number of ketones is 2. The van der Waals surface area contributed by atoms with Crippen LogP contribution >= 0.6 is 0 Å². The van der Waals surface area contributed by atoms with E-state index < -0.39 is 0 Å². The third-order valence-corrected chi connectivity index (χ3v) is 6.57. The number of aromatic amines is 1. The predicted octanol–water partition coefficient (Wildman–Crippen LogP) is 6.15. The van der Waals surface area contributed by atoms with Gasteiger partial charge in [0.05, 0.1) is 5.52 Å². The summed E-state index contributed by atoms with van der Waals surface area (Å²) in [4.78, 5) is 25.9. The predicted molar refractivity (Wildman–Crippen MR) is 120 cm³/mol. The fraction of sp³-hybridized carbons (Fsp3) is 0.423. The molecule has 3 aromatic rings. The second-order valence-electron chi connectivity index (χ2n) is 8.67. The van der Waals surface area contributed by atoms with Crippen LogP contribution in [0.15, 0.2) is 30.3 Å². The Morgan fingerprint density at radius 3 is 2.65 bits per heavy atom. The highest BCUT2D eigenvalue weighted by Gasteiger charge is 2.27.